The number of carboxylic acid groups (broad SMARTS) is 1. The second-order valence-corrected chi connectivity index (χ2v) is 6.63. The van der Waals surface area contributed by atoms with Gasteiger partial charge in [0.1, 0.15) is 0 Å². The van der Waals surface area contributed by atoms with Crippen molar-refractivity contribution >= 4 is 11.9 Å². The number of nitrogens with one attached hydrogen (secondary N) is 1. The number of aromatic carboxylic acids is 1. The number of rotatable bonds is 8. The van der Waals surface area contributed by atoms with E-state index in [-0.39, 0.29) is 11.5 Å². The smallest absolute Gasteiger partial charge is 0.335 e. The van der Waals surface area contributed by atoms with Crippen LogP contribution in [0.5, 0.6) is 0 Å². The maximum absolute atomic E-state index is 11.9. The third-order valence-corrected chi connectivity index (χ3v) is 4.68. The molecule has 1 aromatic heterocycles. The van der Waals surface area contributed by atoms with Crippen molar-refractivity contribution in [3.8, 4) is 0 Å². The minimum absolute atomic E-state index is 0.0833. The van der Waals surface area contributed by atoms with E-state index in [0.717, 1.165) is 24.2 Å². The first-order chi connectivity index (χ1) is 12.6. The highest BCUT2D eigenvalue weighted by molar-refractivity contribution is 5.87. The van der Waals surface area contributed by atoms with E-state index in [0.29, 0.717) is 37.6 Å². The van der Waals surface area contributed by atoms with Crippen LogP contribution in [0.1, 0.15) is 65.7 Å². The second-order valence-electron chi connectivity index (χ2n) is 6.63. The largest absolute Gasteiger partial charge is 0.478 e. The summed E-state index contributed by atoms with van der Waals surface area (Å²) in [7, 11) is 0. The Morgan fingerprint density at radius 1 is 1.23 bits per heavy atom. The number of aromatic nitrogens is 2. The number of benzene rings is 1. The van der Waals surface area contributed by atoms with E-state index >= 15 is 0 Å². The summed E-state index contributed by atoms with van der Waals surface area (Å²) in [6.45, 7) is 0.457. The van der Waals surface area contributed by atoms with Gasteiger partial charge in [-0.3, -0.25) is 4.79 Å². The van der Waals surface area contributed by atoms with Crippen LogP contribution in [0, 0.1) is 0 Å². The summed E-state index contributed by atoms with van der Waals surface area (Å²) in [5.41, 5.74) is 1.13. The molecule has 0 atom stereocenters. The van der Waals surface area contributed by atoms with Crippen molar-refractivity contribution in [2.75, 3.05) is 6.54 Å². The molecule has 7 heteroatoms. The highest BCUT2D eigenvalue weighted by Crippen LogP contribution is 2.32. The lowest BCUT2D eigenvalue weighted by Gasteiger charge is -2.05. The molecule has 1 saturated carbocycles. The van der Waals surface area contributed by atoms with Crippen LogP contribution in [0.2, 0.25) is 0 Å². The summed E-state index contributed by atoms with van der Waals surface area (Å²) in [5.74, 6) is 0.655. The number of carboxylic acids is 1. The van der Waals surface area contributed by atoms with E-state index in [1.54, 1.807) is 18.2 Å². The van der Waals surface area contributed by atoms with Crippen LogP contribution in [-0.4, -0.2) is 33.7 Å². The van der Waals surface area contributed by atoms with Gasteiger partial charge in [0.2, 0.25) is 11.8 Å². The summed E-state index contributed by atoms with van der Waals surface area (Å²) < 4.78 is 5.24. The molecule has 1 heterocycles. The minimum Gasteiger partial charge on any atom is -0.478 e. The number of aryl methyl sites for hydroxylation is 1. The molecule has 1 aliphatic rings. The topological polar surface area (TPSA) is 105 Å². The van der Waals surface area contributed by atoms with E-state index < -0.39 is 5.97 Å². The average molecular weight is 357 g/mol. The summed E-state index contributed by atoms with van der Waals surface area (Å²) in [6.07, 6.45) is 5.96. The highest BCUT2D eigenvalue weighted by Gasteiger charge is 2.22. The molecule has 0 unspecified atom stereocenters. The predicted molar refractivity (Wildman–Crippen MR) is 93.9 cm³/mol. The van der Waals surface area contributed by atoms with E-state index in [1.807, 2.05) is 6.07 Å². The highest BCUT2D eigenvalue weighted by atomic mass is 16.5. The Morgan fingerprint density at radius 3 is 2.81 bits per heavy atom. The second kappa shape index (κ2) is 8.60. The normalized spacial score (nSPS) is 14.5. The molecule has 3 rings (SSSR count). The lowest BCUT2D eigenvalue weighted by Crippen LogP contribution is -2.26. The van der Waals surface area contributed by atoms with Crippen LogP contribution < -0.4 is 5.32 Å². The van der Waals surface area contributed by atoms with Crippen LogP contribution in [0.25, 0.3) is 0 Å². The van der Waals surface area contributed by atoms with Gasteiger partial charge in [-0.1, -0.05) is 30.1 Å². The molecule has 26 heavy (non-hydrogen) atoms. The van der Waals surface area contributed by atoms with E-state index in [1.165, 1.54) is 12.8 Å². The minimum atomic E-state index is -0.951. The quantitative estimate of drug-likeness (QED) is 0.752. The molecule has 0 radical (unpaired) electrons. The molecule has 1 aliphatic carbocycles. The molecule has 1 aromatic carbocycles. The Balaban J connectivity index is 1.39. The van der Waals surface area contributed by atoms with Crippen molar-refractivity contribution in [2.24, 2.45) is 0 Å². The predicted octanol–water partition coefficient (Wildman–Crippen LogP) is 2.72. The average Bonchev–Trinajstić information content (AvgIpc) is 3.31. The van der Waals surface area contributed by atoms with Crippen LogP contribution in [0.15, 0.2) is 28.8 Å². The maximum atomic E-state index is 11.9. The number of amides is 1. The van der Waals surface area contributed by atoms with Crippen molar-refractivity contribution in [1.29, 1.82) is 0 Å². The molecule has 0 spiro atoms. The number of carbonyl (C=O) groups is 2. The fraction of sp³-hybridized carbons (Fsp3) is 0.474. The molecular weight excluding hydrogens is 334 g/mol. The van der Waals surface area contributed by atoms with Gasteiger partial charge in [-0.2, -0.15) is 4.98 Å². The van der Waals surface area contributed by atoms with E-state index in [2.05, 4.69) is 15.5 Å². The number of carbonyl (C=O) groups excluding carboxylic acids is 1. The SMILES string of the molecule is O=C(CCc1nc(C2CCCC2)no1)NCCc1cccc(C(=O)O)c1. The van der Waals surface area contributed by atoms with Crippen molar-refractivity contribution in [3.05, 3.63) is 47.1 Å². The van der Waals surface area contributed by atoms with Crippen LogP contribution in [0.3, 0.4) is 0 Å². The Morgan fingerprint density at radius 2 is 2.04 bits per heavy atom. The van der Waals surface area contributed by atoms with Crippen molar-refractivity contribution in [3.63, 3.8) is 0 Å². The van der Waals surface area contributed by atoms with Gasteiger partial charge in [-0.25, -0.2) is 4.79 Å². The first kappa shape index (κ1) is 18.1. The zero-order valence-corrected chi connectivity index (χ0v) is 14.6. The molecular formula is C19H23N3O4. The summed E-state index contributed by atoms with van der Waals surface area (Å²) in [6, 6.07) is 6.73. The number of hydrogen-bond acceptors (Lipinski definition) is 5. The van der Waals surface area contributed by atoms with Gasteiger partial charge in [0.15, 0.2) is 5.82 Å². The molecule has 0 saturated heterocycles. The lowest BCUT2D eigenvalue weighted by molar-refractivity contribution is -0.121. The van der Waals surface area contributed by atoms with Gasteiger partial charge < -0.3 is 14.9 Å². The van der Waals surface area contributed by atoms with Crippen molar-refractivity contribution in [2.45, 2.75) is 50.9 Å². The fourth-order valence-electron chi connectivity index (χ4n) is 3.23. The molecule has 1 fully saturated rings. The van der Waals surface area contributed by atoms with E-state index in [4.69, 9.17) is 9.63 Å². The van der Waals surface area contributed by atoms with Crippen molar-refractivity contribution in [1.82, 2.24) is 15.5 Å². The van der Waals surface area contributed by atoms with Crippen LogP contribution in [0.4, 0.5) is 0 Å². The summed E-state index contributed by atoms with van der Waals surface area (Å²) in [5, 5.41) is 15.9. The monoisotopic (exact) mass is 357 g/mol. The van der Waals surface area contributed by atoms with Crippen LogP contribution >= 0.6 is 0 Å². The fourth-order valence-corrected chi connectivity index (χ4v) is 3.23. The molecule has 138 valence electrons. The third-order valence-electron chi connectivity index (χ3n) is 4.68. The van der Waals surface area contributed by atoms with Crippen LogP contribution in [-0.2, 0) is 17.6 Å². The Bertz CT molecular complexity index is 766. The van der Waals surface area contributed by atoms with Gasteiger partial charge >= 0.3 is 5.97 Å². The standard InChI is InChI=1S/C19H23N3O4/c23-16(20-11-10-13-4-3-7-15(12-13)19(24)25)8-9-17-21-18(22-26-17)14-5-1-2-6-14/h3-4,7,12,14H,1-2,5-6,8-11H2,(H,20,23)(H,24,25). The number of hydrogen-bond donors (Lipinski definition) is 2. The summed E-state index contributed by atoms with van der Waals surface area (Å²) in [4.78, 5) is 27.3. The molecule has 0 bridgehead atoms. The number of nitrogens with zero attached hydrogens (tertiary/aromatic N) is 2. The van der Waals surface area contributed by atoms with Gasteiger partial charge in [0.25, 0.3) is 0 Å². The molecule has 1 amide bonds. The van der Waals surface area contributed by atoms with Gasteiger partial charge in [-0.15, -0.1) is 0 Å². The Labute approximate surface area is 151 Å². The van der Waals surface area contributed by atoms with Gasteiger partial charge in [0, 0.05) is 25.3 Å². The zero-order valence-electron chi connectivity index (χ0n) is 14.6. The van der Waals surface area contributed by atoms with Crippen molar-refractivity contribution < 1.29 is 19.2 Å². The zero-order chi connectivity index (χ0) is 18.4. The molecule has 2 aromatic rings. The maximum Gasteiger partial charge on any atom is 0.335 e. The first-order valence-corrected chi connectivity index (χ1v) is 9.03. The molecule has 0 aliphatic heterocycles. The lowest BCUT2D eigenvalue weighted by atomic mass is 10.1. The Kier molecular flexibility index (Phi) is 5.99. The van der Waals surface area contributed by atoms with Gasteiger partial charge in [0.05, 0.1) is 5.56 Å². The van der Waals surface area contributed by atoms with E-state index in [9.17, 15) is 9.59 Å². The molecule has 7 nitrogen and oxygen atoms in total. The third kappa shape index (κ3) is 4.91. The molecule has 2 N–H and O–H groups in total. The first-order valence-electron chi connectivity index (χ1n) is 9.03. The summed E-state index contributed by atoms with van der Waals surface area (Å²) >= 11 is 0. The van der Waals surface area contributed by atoms with Gasteiger partial charge in [-0.05, 0) is 37.0 Å². The Hall–Kier alpha value is -2.70.